The van der Waals surface area contributed by atoms with Gasteiger partial charge in [0.2, 0.25) is 0 Å². The van der Waals surface area contributed by atoms with Crippen LogP contribution in [0.25, 0.3) is 0 Å². The molecule has 0 radical (unpaired) electrons. The Labute approximate surface area is 117 Å². The van der Waals surface area contributed by atoms with E-state index in [1.807, 2.05) is 13.8 Å². The van der Waals surface area contributed by atoms with Crippen LogP contribution in [-0.2, 0) is 9.53 Å². The van der Waals surface area contributed by atoms with Gasteiger partial charge in [0, 0.05) is 6.54 Å². The number of carbonyl (C=O) groups excluding carboxylic acids is 1. The number of fused-ring (bicyclic) bond motifs is 1. The number of hydrogen-bond acceptors (Lipinski definition) is 2. The number of carbonyl (C=O) groups is 1. The molecule has 1 amide bonds. The average molecular weight is 267 g/mol. The van der Waals surface area contributed by atoms with E-state index >= 15 is 0 Å². The Bertz CT molecular complexity index is 379. The van der Waals surface area contributed by atoms with E-state index in [-0.39, 0.29) is 23.0 Å². The second-order valence-corrected chi connectivity index (χ2v) is 8.33. The summed E-state index contributed by atoms with van der Waals surface area (Å²) in [5.74, 6) is 0.739. The SMILES string of the molecule is CC1(C)OC(C)(C)C2CCC(C(C)(C)C)CN2C1=O. The van der Waals surface area contributed by atoms with Gasteiger partial charge in [0.15, 0.2) is 0 Å². The Balaban J connectivity index is 2.28. The summed E-state index contributed by atoms with van der Waals surface area (Å²) in [6.45, 7) is 15.7. The van der Waals surface area contributed by atoms with Gasteiger partial charge in [-0.25, -0.2) is 0 Å². The van der Waals surface area contributed by atoms with Crippen molar-refractivity contribution in [3.63, 3.8) is 0 Å². The lowest BCUT2D eigenvalue weighted by atomic mass is 9.72. The van der Waals surface area contributed by atoms with E-state index in [0.717, 1.165) is 13.0 Å². The van der Waals surface area contributed by atoms with Crippen LogP contribution in [0, 0.1) is 11.3 Å². The maximum absolute atomic E-state index is 12.6. The number of piperidine rings is 1. The molecule has 0 aliphatic carbocycles. The van der Waals surface area contributed by atoms with Gasteiger partial charge in [-0.1, -0.05) is 20.8 Å². The summed E-state index contributed by atoms with van der Waals surface area (Å²) >= 11 is 0. The monoisotopic (exact) mass is 267 g/mol. The molecule has 2 heterocycles. The minimum atomic E-state index is -0.695. The van der Waals surface area contributed by atoms with Crippen LogP contribution in [0.4, 0.5) is 0 Å². The molecule has 2 aliphatic heterocycles. The highest BCUT2D eigenvalue weighted by Crippen LogP contribution is 2.43. The Morgan fingerprint density at radius 3 is 2.26 bits per heavy atom. The molecule has 2 unspecified atom stereocenters. The molecule has 0 aromatic rings. The Morgan fingerprint density at radius 2 is 1.74 bits per heavy atom. The fraction of sp³-hybridized carbons (Fsp3) is 0.938. The molecule has 2 saturated heterocycles. The van der Waals surface area contributed by atoms with Crippen molar-refractivity contribution in [2.75, 3.05) is 6.54 Å². The molecule has 0 aromatic heterocycles. The number of morpholine rings is 1. The third-order valence-electron chi connectivity index (χ3n) is 4.90. The highest BCUT2D eigenvalue weighted by Gasteiger charge is 2.53. The maximum Gasteiger partial charge on any atom is 0.254 e. The lowest BCUT2D eigenvalue weighted by molar-refractivity contribution is -0.222. The third-order valence-corrected chi connectivity index (χ3v) is 4.90. The summed E-state index contributed by atoms with van der Waals surface area (Å²) in [7, 11) is 0. The zero-order valence-electron chi connectivity index (χ0n) is 13.5. The molecule has 2 rings (SSSR count). The lowest BCUT2D eigenvalue weighted by Gasteiger charge is -2.56. The molecule has 3 heteroatoms. The molecule has 0 saturated carbocycles. The lowest BCUT2D eigenvalue weighted by Crippen LogP contribution is -2.68. The van der Waals surface area contributed by atoms with Gasteiger partial charge in [-0.05, 0) is 51.9 Å². The highest BCUT2D eigenvalue weighted by molar-refractivity contribution is 5.85. The summed E-state index contributed by atoms with van der Waals surface area (Å²) in [6, 6.07) is 0.228. The van der Waals surface area contributed by atoms with E-state index in [2.05, 4.69) is 39.5 Å². The molecule has 0 N–H and O–H groups in total. The Kier molecular flexibility index (Phi) is 3.29. The predicted molar refractivity (Wildman–Crippen MR) is 76.9 cm³/mol. The van der Waals surface area contributed by atoms with Crippen molar-refractivity contribution in [3.05, 3.63) is 0 Å². The summed E-state index contributed by atoms with van der Waals surface area (Å²) in [4.78, 5) is 14.7. The summed E-state index contributed by atoms with van der Waals surface area (Å²) in [6.07, 6.45) is 2.24. The number of rotatable bonds is 0. The zero-order chi connectivity index (χ0) is 14.6. The minimum absolute atomic E-state index is 0.158. The van der Waals surface area contributed by atoms with Crippen LogP contribution in [0.15, 0.2) is 0 Å². The molecule has 2 fully saturated rings. The van der Waals surface area contributed by atoms with Gasteiger partial charge >= 0.3 is 0 Å². The van der Waals surface area contributed by atoms with Gasteiger partial charge in [0.05, 0.1) is 11.6 Å². The van der Waals surface area contributed by atoms with Crippen molar-refractivity contribution in [2.45, 2.75) is 78.6 Å². The van der Waals surface area contributed by atoms with Crippen LogP contribution in [-0.4, -0.2) is 34.6 Å². The van der Waals surface area contributed by atoms with Crippen LogP contribution in [0.2, 0.25) is 0 Å². The van der Waals surface area contributed by atoms with Crippen molar-refractivity contribution in [1.29, 1.82) is 0 Å². The van der Waals surface area contributed by atoms with Gasteiger partial charge < -0.3 is 9.64 Å². The standard InChI is InChI=1S/C16H29NO2/c1-14(2,3)11-8-9-12-15(4,5)19-16(6,7)13(18)17(12)10-11/h11-12H,8-10H2,1-7H3. The van der Waals surface area contributed by atoms with Crippen LogP contribution in [0.3, 0.4) is 0 Å². The van der Waals surface area contributed by atoms with Crippen molar-refractivity contribution in [2.24, 2.45) is 11.3 Å². The fourth-order valence-corrected chi connectivity index (χ4v) is 3.74. The highest BCUT2D eigenvalue weighted by atomic mass is 16.5. The molecule has 3 nitrogen and oxygen atoms in total. The average Bonchev–Trinajstić information content (AvgIpc) is 2.23. The third kappa shape index (κ3) is 2.54. The van der Waals surface area contributed by atoms with Crippen molar-refractivity contribution < 1.29 is 9.53 Å². The zero-order valence-corrected chi connectivity index (χ0v) is 13.5. The molecule has 0 aromatic carbocycles. The Morgan fingerprint density at radius 1 is 1.16 bits per heavy atom. The smallest absolute Gasteiger partial charge is 0.254 e. The Hall–Kier alpha value is -0.570. The second-order valence-electron chi connectivity index (χ2n) is 8.33. The number of ether oxygens (including phenoxy) is 1. The fourth-order valence-electron chi connectivity index (χ4n) is 3.74. The first-order valence-corrected chi connectivity index (χ1v) is 7.46. The van der Waals surface area contributed by atoms with Crippen LogP contribution in [0.1, 0.15) is 61.3 Å². The molecule has 0 spiro atoms. The molecule has 110 valence electrons. The topological polar surface area (TPSA) is 29.5 Å². The van der Waals surface area contributed by atoms with Gasteiger partial charge in [-0.15, -0.1) is 0 Å². The van der Waals surface area contributed by atoms with E-state index in [1.165, 1.54) is 6.42 Å². The van der Waals surface area contributed by atoms with Gasteiger partial charge in [-0.3, -0.25) is 4.79 Å². The van der Waals surface area contributed by atoms with E-state index < -0.39 is 5.60 Å². The van der Waals surface area contributed by atoms with E-state index in [4.69, 9.17) is 4.74 Å². The number of nitrogens with zero attached hydrogens (tertiary/aromatic N) is 1. The predicted octanol–water partition coefficient (Wildman–Crippen LogP) is 3.23. The maximum atomic E-state index is 12.6. The summed E-state index contributed by atoms with van der Waals surface area (Å²) < 4.78 is 6.07. The number of hydrogen-bond donors (Lipinski definition) is 0. The molecule has 2 aliphatic rings. The van der Waals surface area contributed by atoms with E-state index in [9.17, 15) is 4.79 Å². The van der Waals surface area contributed by atoms with Crippen molar-refractivity contribution >= 4 is 5.91 Å². The minimum Gasteiger partial charge on any atom is -0.358 e. The molecule has 19 heavy (non-hydrogen) atoms. The van der Waals surface area contributed by atoms with E-state index in [0.29, 0.717) is 5.92 Å². The first kappa shape index (κ1) is 14.8. The van der Waals surface area contributed by atoms with Crippen molar-refractivity contribution in [3.8, 4) is 0 Å². The van der Waals surface area contributed by atoms with Gasteiger partial charge in [0.1, 0.15) is 5.60 Å². The second kappa shape index (κ2) is 4.21. The largest absolute Gasteiger partial charge is 0.358 e. The van der Waals surface area contributed by atoms with Crippen LogP contribution < -0.4 is 0 Å². The van der Waals surface area contributed by atoms with Crippen molar-refractivity contribution in [1.82, 2.24) is 4.90 Å². The number of amides is 1. The normalized spacial score (nSPS) is 34.1. The van der Waals surface area contributed by atoms with Gasteiger partial charge in [0.25, 0.3) is 5.91 Å². The quantitative estimate of drug-likeness (QED) is 0.674. The summed E-state index contributed by atoms with van der Waals surface area (Å²) in [5, 5.41) is 0. The summed E-state index contributed by atoms with van der Waals surface area (Å²) in [5.41, 5.74) is -0.683. The molecule has 0 bridgehead atoms. The molecular weight excluding hydrogens is 238 g/mol. The van der Waals surface area contributed by atoms with Crippen LogP contribution in [0.5, 0.6) is 0 Å². The van der Waals surface area contributed by atoms with Crippen LogP contribution >= 0.6 is 0 Å². The van der Waals surface area contributed by atoms with E-state index in [1.54, 1.807) is 0 Å². The first-order valence-electron chi connectivity index (χ1n) is 7.46. The first-order chi connectivity index (χ1) is 8.45. The van der Waals surface area contributed by atoms with Gasteiger partial charge in [-0.2, -0.15) is 0 Å². The molecular formula is C16H29NO2. The molecule has 2 atom stereocenters.